The SMILES string of the molecule is CCCNCc1ccc(-n2cc(Br)cn2)nc1. The van der Waals surface area contributed by atoms with Crippen LogP contribution in [0.2, 0.25) is 0 Å². The molecule has 4 nitrogen and oxygen atoms in total. The third kappa shape index (κ3) is 3.38. The van der Waals surface area contributed by atoms with Gasteiger partial charge in [0.25, 0.3) is 0 Å². The number of pyridine rings is 1. The molecule has 2 aromatic rings. The molecule has 0 fully saturated rings. The fourth-order valence-corrected chi connectivity index (χ4v) is 1.78. The highest BCUT2D eigenvalue weighted by Crippen LogP contribution is 2.10. The van der Waals surface area contributed by atoms with E-state index in [0.717, 1.165) is 29.8 Å². The van der Waals surface area contributed by atoms with Crippen molar-refractivity contribution in [1.82, 2.24) is 20.1 Å². The molecule has 0 radical (unpaired) electrons. The van der Waals surface area contributed by atoms with E-state index >= 15 is 0 Å². The van der Waals surface area contributed by atoms with Crippen LogP contribution in [0.5, 0.6) is 0 Å². The Balaban J connectivity index is 2.02. The van der Waals surface area contributed by atoms with E-state index in [4.69, 9.17) is 0 Å². The third-order valence-corrected chi connectivity index (χ3v) is 2.76. The molecular weight excluding hydrogens is 280 g/mol. The number of aromatic nitrogens is 3. The normalized spacial score (nSPS) is 10.7. The molecule has 0 unspecified atom stereocenters. The van der Waals surface area contributed by atoms with E-state index < -0.39 is 0 Å². The van der Waals surface area contributed by atoms with Crippen molar-refractivity contribution in [2.24, 2.45) is 0 Å². The van der Waals surface area contributed by atoms with E-state index in [-0.39, 0.29) is 0 Å². The lowest BCUT2D eigenvalue weighted by Crippen LogP contribution is -2.14. The second-order valence-electron chi connectivity index (χ2n) is 3.80. The Bertz CT molecular complexity index is 464. The number of rotatable bonds is 5. The molecule has 2 aromatic heterocycles. The lowest BCUT2D eigenvalue weighted by Gasteiger charge is -2.04. The van der Waals surface area contributed by atoms with E-state index in [9.17, 15) is 0 Å². The molecule has 0 bridgehead atoms. The number of hydrogen-bond acceptors (Lipinski definition) is 3. The van der Waals surface area contributed by atoms with Crippen LogP contribution >= 0.6 is 15.9 Å². The summed E-state index contributed by atoms with van der Waals surface area (Å²) in [4.78, 5) is 4.38. The van der Waals surface area contributed by atoms with Gasteiger partial charge in [0.15, 0.2) is 5.82 Å². The van der Waals surface area contributed by atoms with Crippen molar-refractivity contribution in [1.29, 1.82) is 0 Å². The van der Waals surface area contributed by atoms with Crippen molar-refractivity contribution in [3.05, 3.63) is 40.8 Å². The van der Waals surface area contributed by atoms with Crippen LogP contribution in [0.15, 0.2) is 35.2 Å². The van der Waals surface area contributed by atoms with Gasteiger partial charge in [-0.3, -0.25) is 0 Å². The first kappa shape index (κ1) is 12.3. The minimum atomic E-state index is 0.829. The molecule has 0 aromatic carbocycles. The van der Waals surface area contributed by atoms with Gasteiger partial charge in [-0.15, -0.1) is 0 Å². The van der Waals surface area contributed by atoms with Crippen molar-refractivity contribution >= 4 is 15.9 Å². The van der Waals surface area contributed by atoms with Crippen molar-refractivity contribution in [2.75, 3.05) is 6.54 Å². The third-order valence-electron chi connectivity index (χ3n) is 2.35. The molecule has 2 heterocycles. The van der Waals surface area contributed by atoms with Crippen LogP contribution in [-0.4, -0.2) is 21.3 Å². The van der Waals surface area contributed by atoms with Crippen LogP contribution in [0.4, 0.5) is 0 Å². The largest absolute Gasteiger partial charge is 0.313 e. The summed E-state index contributed by atoms with van der Waals surface area (Å²) in [6, 6.07) is 4.04. The number of nitrogens with zero attached hydrogens (tertiary/aromatic N) is 3. The Kier molecular flexibility index (Phi) is 4.28. The maximum atomic E-state index is 4.38. The fourth-order valence-electron chi connectivity index (χ4n) is 1.49. The van der Waals surface area contributed by atoms with Gasteiger partial charge in [0.05, 0.1) is 10.7 Å². The lowest BCUT2D eigenvalue weighted by molar-refractivity contribution is 0.673. The van der Waals surface area contributed by atoms with Gasteiger partial charge in [0, 0.05) is 18.9 Å². The molecule has 17 heavy (non-hydrogen) atoms. The predicted molar refractivity (Wildman–Crippen MR) is 71.1 cm³/mol. The average Bonchev–Trinajstić information content (AvgIpc) is 2.77. The van der Waals surface area contributed by atoms with Gasteiger partial charge >= 0.3 is 0 Å². The zero-order chi connectivity index (χ0) is 12.1. The summed E-state index contributed by atoms with van der Waals surface area (Å²) in [6.07, 6.45) is 6.66. The summed E-state index contributed by atoms with van der Waals surface area (Å²) in [5.41, 5.74) is 1.19. The molecule has 0 saturated carbocycles. The van der Waals surface area contributed by atoms with Crippen molar-refractivity contribution < 1.29 is 0 Å². The minimum Gasteiger partial charge on any atom is -0.313 e. The second kappa shape index (κ2) is 5.93. The quantitative estimate of drug-likeness (QED) is 0.862. The zero-order valence-electron chi connectivity index (χ0n) is 9.73. The minimum absolute atomic E-state index is 0.829. The van der Waals surface area contributed by atoms with Crippen molar-refractivity contribution in [2.45, 2.75) is 19.9 Å². The first-order chi connectivity index (χ1) is 8.29. The van der Waals surface area contributed by atoms with Gasteiger partial charge in [0.1, 0.15) is 0 Å². The van der Waals surface area contributed by atoms with Crippen LogP contribution in [0.1, 0.15) is 18.9 Å². The van der Waals surface area contributed by atoms with E-state index in [2.05, 4.69) is 44.3 Å². The summed E-state index contributed by atoms with van der Waals surface area (Å²) >= 11 is 3.36. The molecule has 1 N–H and O–H groups in total. The monoisotopic (exact) mass is 294 g/mol. The highest BCUT2D eigenvalue weighted by Gasteiger charge is 2.00. The Morgan fingerprint density at radius 2 is 2.24 bits per heavy atom. The first-order valence-corrected chi connectivity index (χ1v) is 6.45. The van der Waals surface area contributed by atoms with Crippen LogP contribution in [-0.2, 0) is 6.54 Å². The van der Waals surface area contributed by atoms with Gasteiger partial charge in [-0.05, 0) is 40.5 Å². The van der Waals surface area contributed by atoms with Gasteiger partial charge in [-0.25, -0.2) is 9.67 Å². The van der Waals surface area contributed by atoms with Gasteiger partial charge < -0.3 is 5.32 Å². The maximum absolute atomic E-state index is 4.38. The molecule has 0 saturated heterocycles. The fraction of sp³-hybridized carbons (Fsp3) is 0.333. The maximum Gasteiger partial charge on any atom is 0.153 e. The van der Waals surface area contributed by atoms with E-state index in [1.54, 1.807) is 10.9 Å². The summed E-state index contributed by atoms with van der Waals surface area (Å²) in [7, 11) is 0. The Hall–Kier alpha value is -1.20. The Morgan fingerprint density at radius 3 is 2.82 bits per heavy atom. The van der Waals surface area contributed by atoms with Crippen LogP contribution < -0.4 is 5.32 Å². The molecule has 5 heteroatoms. The van der Waals surface area contributed by atoms with E-state index in [0.29, 0.717) is 0 Å². The van der Waals surface area contributed by atoms with Gasteiger partial charge in [0.2, 0.25) is 0 Å². The molecule has 0 amide bonds. The predicted octanol–water partition coefficient (Wildman–Crippen LogP) is 2.53. The summed E-state index contributed by atoms with van der Waals surface area (Å²) in [6.45, 7) is 4.06. The number of nitrogens with one attached hydrogen (secondary N) is 1. The summed E-state index contributed by atoms with van der Waals surface area (Å²) in [5, 5.41) is 7.53. The van der Waals surface area contributed by atoms with Crippen molar-refractivity contribution in [3.63, 3.8) is 0 Å². The topological polar surface area (TPSA) is 42.7 Å². The molecule has 2 rings (SSSR count). The molecule has 0 spiro atoms. The van der Waals surface area contributed by atoms with Crippen LogP contribution in [0, 0.1) is 0 Å². The molecule has 0 atom stereocenters. The molecule has 0 aliphatic heterocycles. The molecule has 0 aliphatic rings. The number of hydrogen-bond donors (Lipinski definition) is 1. The highest BCUT2D eigenvalue weighted by atomic mass is 79.9. The number of halogens is 1. The molecular formula is C12H15BrN4. The van der Waals surface area contributed by atoms with Gasteiger partial charge in [-0.2, -0.15) is 5.10 Å². The summed E-state index contributed by atoms with van der Waals surface area (Å²) in [5.74, 6) is 0.829. The first-order valence-electron chi connectivity index (χ1n) is 5.66. The zero-order valence-corrected chi connectivity index (χ0v) is 11.3. The molecule has 0 aliphatic carbocycles. The smallest absolute Gasteiger partial charge is 0.153 e. The highest BCUT2D eigenvalue weighted by molar-refractivity contribution is 9.10. The van der Waals surface area contributed by atoms with Crippen molar-refractivity contribution in [3.8, 4) is 5.82 Å². The van der Waals surface area contributed by atoms with E-state index in [1.165, 1.54) is 5.56 Å². The lowest BCUT2D eigenvalue weighted by atomic mass is 10.3. The van der Waals surface area contributed by atoms with Crippen LogP contribution in [0.25, 0.3) is 5.82 Å². The standard InChI is InChI=1S/C12H15BrN4/c1-2-5-14-6-10-3-4-12(15-7-10)17-9-11(13)8-16-17/h3-4,7-9,14H,2,5-6H2,1H3. The Labute approximate surface area is 109 Å². The van der Waals surface area contributed by atoms with E-state index in [1.807, 2.05) is 18.5 Å². The van der Waals surface area contributed by atoms with Gasteiger partial charge in [-0.1, -0.05) is 13.0 Å². The molecule has 90 valence electrons. The Morgan fingerprint density at radius 1 is 1.35 bits per heavy atom. The van der Waals surface area contributed by atoms with Crippen LogP contribution in [0.3, 0.4) is 0 Å². The summed E-state index contributed by atoms with van der Waals surface area (Å²) < 4.78 is 2.70. The second-order valence-corrected chi connectivity index (χ2v) is 4.72. The average molecular weight is 295 g/mol.